The van der Waals surface area contributed by atoms with Gasteiger partial charge in [-0.3, -0.25) is 14.6 Å². The molecule has 170 valence electrons. The minimum Gasteiger partial charge on any atom is -0.480 e. The van der Waals surface area contributed by atoms with Gasteiger partial charge in [0.1, 0.15) is 6.04 Å². The highest BCUT2D eigenvalue weighted by molar-refractivity contribution is 5.73. The predicted octanol–water partition coefficient (Wildman–Crippen LogP) is 4.37. The van der Waals surface area contributed by atoms with E-state index in [1.54, 1.807) is 0 Å². The molecule has 0 aliphatic carbocycles. The Morgan fingerprint density at radius 1 is 0.806 bits per heavy atom. The van der Waals surface area contributed by atoms with Crippen LogP contribution in [0.15, 0.2) is 60.7 Å². The van der Waals surface area contributed by atoms with Crippen molar-refractivity contribution >= 4 is 5.97 Å². The van der Waals surface area contributed by atoms with Gasteiger partial charge < -0.3 is 10.8 Å². The highest BCUT2D eigenvalue weighted by atomic mass is 16.4. The lowest BCUT2D eigenvalue weighted by atomic mass is 10.0. The van der Waals surface area contributed by atoms with Crippen LogP contribution in [0.2, 0.25) is 0 Å². The van der Waals surface area contributed by atoms with Gasteiger partial charge >= 0.3 is 5.97 Å². The Labute approximate surface area is 187 Å². The second-order valence-electron chi connectivity index (χ2n) is 8.32. The molecule has 2 aromatic rings. The van der Waals surface area contributed by atoms with Gasteiger partial charge in [0, 0.05) is 38.3 Å². The minimum absolute atomic E-state index is 0.0989. The first kappa shape index (κ1) is 25.1. The summed E-state index contributed by atoms with van der Waals surface area (Å²) in [4.78, 5) is 16.6. The molecule has 2 rings (SSSR count). The minimum atomic E-state index is -0.756. The van der Waals surface area contributed by atoms with Crippen LogP contribution in [-0.2, 0) is 17.9 Å². The number of benzene rings is 2. The lowest BCUT2D eigenvalue weighted by Gasteiger charge is -2.38. The third-order valence-electron chi connectivity index (χ3n) is 6.00. The lowest BCUT2D eigenvalue weighted by molar-refractivity contribution is -0.144. The van der Waals surface area contributed by atoms with Crippen molar-refractivity contribution in [3.63, 3.8) is 0 Å². The van der Waals surface area contributed by atoms with Gasteiger partial charge in [0.2, 0.25) is 0 Å². The standard InChI is InChI=1S/C26H39N3O2/c1-4-23(27)19-28(17-21-13-9-7-10-14-21)24(5-2)20-29(25(6-3)26(30)31)18-22-15-11-8-12-16-22/h7-16,23-25H,4-6,17-20,27H2,1-3H3,(H,30,31). The molecule has 0 radical (unpaired) electrons. The van der Waals surface area contributed by atoms with E-state index in [2.05, 4.69) is 60.0 Å². The van der Waals surface area contributed by atoms with Gasteiger partial charge in [-0.2, -0.15) is 0 Å². The van der Waals surface area contributed by atoms with Gasteiger partial charge in [0.05, 0.1) is 0 Å². The van der Waals surface area contributed by atoms with Crippen molar-refractivity contribution in [1.29, 1.82) is 0 Å². The molecule has 31 heavy (non-hydrogen) atoms. The molecular weight excluding hydrogens is 386 g/mol. The fourth-order valence-electron chi connectivity index (χ4n) is 4.07. The summed E-state index contributed by atoms with van der Waals surface area (Å²) >= 11 is 0. The molecule has 2 aromatic carbocycles. The molecule has 0 bridgehead atoms. The number of rotatable bonds is 14. The lowest BCUT2D eigenvalue weighted by Crippen LogP contribution is -2.51. The molecular formula is C26H39N3O2. The monoisotopic (exact) mass is 425 g/mol. The van der Waals surface area contributed by atoms with E-state index in [4.69, 9.17) is 5.73 Å². The van der Waals surface area contributed by atoms with Gasteiger partial charge in [-0.05, 0) is 30.4 Å². The number of carboxylic acids is 1. The van der Waals surface area contributed by atoms with Gasteiger partial charge in [-0.1, -0.05) is 81.4 Å². The van der Waals surface area contributed by atoms with E-state index >= 15 is 0 Å². The van der Waals surface area contributed by atoms with Crippen LogP contribution in [0.4, 0.5) is 0 Å². The summed E-state index contributed by atoms with van der Waals surface area (Å²) in [6.07, 6.45) is 2.43. The molecule has 0 aliphatic heterocycles. The molecule has 3 atom stereocenters. The smallest absolute Gasteiger partial charge is 0.320 e. The first-order valence-corrected chi connectivity index (χ1v) is 11.5. The van der Waals surface area contributed by atoms with Crippen LogP contribution < -0.4 is 5.73 Å². The van der Waals surface area contributed by atoms with E-state index in [0.29, 0.717) is 19.5 Å². The number of aliphatic carboxylic acids is 1. The molecule has 0 spiro atoms. The maximum Gasteiger partial charge on any atom is 0.320 e. The zero-order valence-corrected chi connectivity index (χ0v) is 19.3. The van der Waals surface area contributed by atoms with Crippen molar-refractivity contribution in [2.75, 3.05) is 13.1 Å². The number of hydrogen-bond donors (Lipinski definition) is 2. The molecule has 3 N–H and O–H groups in total. The summed E-state index contributed by atoms with van der Waals surface area (Å²) in [7, 11) is 0. The average Bonchev–Trinajstić information content (AvgIpc) is 2.78. The quantitative estimate of drug-likeness (QED) is 0.470. The van der Waals surface area contributed by atoms with Gasteiger partial charge in [-0.25, -0.2) is 0 Å². The second-order valence-corrected chi connectivity index (χ2v) is 8.32. The molecule has 0 fully saturated rings. The SMILES string of the molecule is CCC(N)CN(Cc1ccccc1)C(CC)CN(Cc1ccccc1)C(CC)C(=O)O. The Hall–Kier alpha value is -2.21. The number of hydrogen-bond acceptors (Lipinski definition) is 4. The third kappa shape index (κ3) is 8.09. The first-order chi connectivity index (χ1) is 15.0. The van der Waals surface area contributed by atoms with Crippen molar-refractivity contribution < 1.29 is 9.90 Å². The van der Waals surface area contributed by atoms with Crippen molar-refractivity contribution in [3.05, 3.63) is 71.8 Å². The zero-order chi connectivity index (χ0) is 22.6. The van der Waals surface area contributed by atoms with Gasteiger partial charge in [0.15, 0.2) is 0 Å². The van der Waals surface area contributed by atoms with Gasteiger partial charge in [-0.15, -0.1) is 0 Å². The van der Waals surface area contributed by atoms with Crippen LogP contribution in [0, 0.1) is 0 Å². The topological polar surface area (TPSA) is 69.8 Å². The summed E-state index contributed by atoms with van der Waals surface area (Å²) in [6, 6.07) is 20.4. The summed E-state index contributed by atoms with van der Waals surface area (Å²) in [5.41, 5.74) is 8.75. The van der Waals surface area contributed by atoms with Gasteiger partial charge in [0.25, 0.3) is 0 Å². The normalized spacial score (nSPS) is 14.5. The van der Waals surface area contributed by atoms with Crippen LogP contribution in [0.3, 0.4) is 0 Å². The Kier molecular flexibility index (Phi) is 10.7. The molecule has 5 heteroatoms. The highest BCUT2D eigenvalue weighted by Gasteiger charge is 2.29. The van der Waals surface area contributed by atoms with E-state index in [1.165, 1.54) is 5.56 Å². The maximum absolute atomic E-state index is 12.0. The number of nitrogens with zero attached hydrogens (tertiary/aromatic N) is 2. The van der Waals surface area contributed by atoms with Crippen LogP contribution in [0.25, 0.3) is 0 Å². The van der Waals surface area contributed by atoms with E-state index in [-0.39, 0.29) is 12.1 Å². The molecule has 3 unspecified atom stereocenters. The third-order valence-corrected chi connectivity index (χ3v) is 6.00. The molecule has 0 saturated carbocycles. The number of carbonyl (C=O) groups is 1. The van der Waals surface area contributed by atoms with E-state index in [9.17, 15) is 9.90 Å². The zero-order valence-electron chi connectivity index (χ0n) is 19.3. The molecule has 0 aromatic heterocycles. The van der Waals surface area contributed by atoms with E-state index in [0.717, 1.165) is 31.5 Å². The first-order valence-electron chi connectivity index (χ1n) is 11.5. The Morgan fingerprint density at radius 3 is 1.74 bits per heavy atom. The Balaban J connectivity index is 2.27. The predicted molar refractivity (Wildman–Crippen MR) is 128 cm³/mol. The van der Waals surface area contributed by atoms with Crippen molar-refractivity contribution in [2.24, 2.45) is 5.73 Å². The van der Waals surface area contributed by atoms with Crippen molar-refractivity contribution in [1.82, 2.24) is 9.80 Å². The number of carboxylic acid groups (broad SMARTS) is 1. The largest absolute Gasteiger partial charge is 0.480 e. The fraction of sp³-hybridized carbons (Fsp3) is 0.500. The summed E-state index contributed by atoms with van der Waals surface area (Å²) < 4.78 is 0. The van der Waals surface area contributed by atoms with Crippen LogP contribution in [0.1, 0.15) is 51.2 Å². The molecule has 0 aliphatic rings. The average molecular weight is 426 g/mol. The van der Waals surface area contributed by atoms with Crippen LogP contribution in [0.5, 0.6) is 0 Å². The second kappa shape index (κ2) is 13.3. The van der Waals surface area contributed by atoms with Crippen molar-refractivity contribution in [3.8, 4) is 0 Å². The molecule has 0 saturated heterocycles. The highest BCUT2D eigenvalue weighted by Crippen LogP contribution is 2.18. The maximum atomic E-state index is 12.0. The van der Waals surface area contributed by atoms with E-state index < -0.39 is 12.0 Å². The molecule has 0 heterocycles. The fourth-order valence-corrected chi connectivity index (χ4v) is 4.07. The van der Waals surface area contributed by atoms with Crippen molar-refractivity contribution in [2.45, 2.75) is 71.2 Å². The Bertz CT molecular complexity index is 754. The summed E-state index contributed by atoms with van der Waals surface area (Å²) in [5.74, 6) is -0.756. The molecule has 5 nitrogen and oxygen atoms in total. The Morgan fingerprint density at radius 2 is 1.32 bits per heavy atom. The number of nitrogens with two attached hydrogens (primary N) is 1. The summed E-state index contributed by atoms with van der Waals surface area (Å²) in [6.45, 7) is 9.18. The van der Waals surface area contributed by atoms with Crippen LogP contribution in [-0.4, -0.2) is 52.1 Å². The molecule has 0 amide bonds. The summed E-state index contributed by atoms with van der Waals surface area (Å²) in [5, 5.41) is 9.89. The van der Waals surface area contributed by atoms with E-state index in [1.807, 2.05) is 31.2 Å². The van der Waals surface area contributed by atoms with Crippen LogP contribution >= 0.6 is 0 Å².